The van der Waals surface area contributed by atoms with E-state index in [-0.39, 0.29) is 11.9 Å². The number of likely N-dealkylation sites (tertiary alicyclic amines) is 1. The predicted octanol–water partition coefficient (Wildman–Crippen LogP) is 2.72. The van der Waals surface area contributed by atoms with Gasteiger partial charge in [0, 0.05) is 36.3 Å². The Morgan fingerprint density at radius 1 is 1.42 bits per heavy atom. The third-order valence-electron chi connectivity index (χ3n) is 4.88. The molecule has 0 spiro atoms. The number of pyridine rings is 2. The van der Waals surface area contributed by atoms with E-state index in [0.29, 0.717) is 5.92 Å². The van der Waals surface area contributed by atoms with Crippen LogP contribution in [0.3, 0.4) is 0 Å². The summed E-state index contributed by atoms with van der Waals surface area (Å²) in [5.41, 5.74) is 1.89. The number of amides is 1. The SMILES string of the molecule is CCCCNC(=O)[C@H](C)N1CC[C@H](c2ccc3cccnc3n2)C1. The number of hydrogen-bond donors (Lipinski definition) is 1. The first kappa shape index (κ1) is 16.8. The zero-order chi connectivity index (χ0) is 16.9. The highest BCUT2D eigenvalue weighted by Gasteiger charge is 2.30. The summed E-state index contributed by atoms with van der Waals surface area (Å²) in [6.45, 7) is 6.72. The fraction of sp³-hybridized carbons (Fsp3) is 0.526. The first-order chi connectivity index (χ1) is 11.7. The van der Waals surface area contributed by atoms with Crippen LogP contribution < -0.4 is 5.32 Å². The number of aromatic nitrogens is 2. The third-order valence-corrected chi connectivity index (χ3v) is 4.88. The number of unbranched alkanes of at least 4 members (excludes halogenated alkanes) is 1. The maximum Gasteiger partial charge on any atom is 0.237 e. The van der Waals surface area contributed by atoms with E-state index < -0.39 is 0 Å². The quantitative estimate of drug-likeness (QED) is 0.829. The molecule has 3 heterocycles. The molecule has 0 unspecified atom stereocenters. The molecule has 1 saturated heterocycles. The van der Waals surface area contributed by atoms with Crippen molar-refractivity contribution in [3.05, 3.63) is 36.2 Å². The van der Waals surface area contributed by atoms with Gasteiger partial charge in [-0.1, -0.05) is 13.3 Å². The molecule has 1 aliphatic rings. The van der Waals surface area contributed by atoms with Gasteiger partial charge in [0.25, 0.3) is 0 Å². The van der Waals surface area contributed by atoms with E-state index in [2.05, 4.69) is 34.3 Å². The highest BCUT2D eigenvalue weighted by Crippen LogP contribution is 2.28. The van der Waals surface area contributed by atoms with Gasteiger partial charge in [-0.3, -0.25) is 9.69 Å². The molecular formula is C19H26N4O. The number of carbonyl (C=O) groups excluding carboxylic acids is 1. The topological polar surface area (TPSA) is 58.1 Å². The summed E-state index contributed by atoms with van der Waals surface area (Å²) in [5.74, 6) is 0.513. The van der Waals surface area contributed by atoms with Crippen LogP contribution in [0.15, 0.2) is 30.5 Å². The molecule has 24 heavy (non-hydrogen) atoms. The van der Waals surface area contributed by atoms with Crippen LogP contribution in [0.1, 0.15) is 44.7 Å². The zero-order valence-electron chi connectivity index (χ0n) is 14.5. The maximum absolute atomic E-state index is 12.2. The Morgan fingerprint density at radius 3 is 3.12 bits per heavy atom. The van der Waals surface area contributed by atoms with Crippen LogP contribution in [0.25, 0.3) is 11.0 Å². The van der Waals surface area contributed by atoms with Gasteiger partial charge < -0.3 is 5.32 Å². The average molecular weight is 326 g/mol. The van der Waals surface area contributed by atoms with Gasteiger partial charge >= 0.3 is 0 Å². The van der Waals surface area contributed by atoms with Crippen LogP contribution in [0, 0.1) is 0 Å². The van der Waals surface area contributed by atoms with Crippen LogP contribution >= 0.6 is 0 Å². The molecule has 128 valence electrons. The monoisotopic (exact) mass is 326 g/mol. The second-order valence-corrected chi connectivity index (χ2v) is 6.59. The molecule has 5 heteroatoms. The molecule has 3 rings (SSSR count). The normalized spacial score (nSPS) is 19.5. The third kappa shape index (κ3) is 3.73. The molecule has 0 aliphatic carbocycles. The molecule has 1 aliphatic heterocycles. The van der Waals surface area contributed by atoms with E-state index in [1.54, 1.807) is 6.20 Å². The van der Waals surface area contributed by atoms with Crippen molar-refractivity contribution in [1.82, 2.24) is 20.2 Å². The van der Waals surface area contributed by atoms with Gasteiger partial charge in [-0.15, -0.1) is 0 Å². The van der Waals surface area contributed by atoms with Gasteiger partial charge in [0.1, 0.15) is 0 Å². The molecule has 0 saturated carbocycles. The minimum Gasteiger partial charge on any atom is -0.355 e. The fourth-order valence-electron chi connectivity index (χ4n) is 3.28. The fourth-order valence-corrected chi connectivity index (χ4v) is 3.28. The first-order valence-electron chi connectivity index (χ1n) is 8.92. The van der Waals surface area contributed by atoms with Crippen molar-refractivity contribution in [3.8, 4) is 0 Å². The van der Waals surface area contributed by atoms with E-state index in [1.807, 2.05) is 19.1 Å². The van der Waals surface area contributed by atoms with Crippen molar-refractivity contribution in [2.75, 3.05) is 19.6 Å². The minimum absolute atomic E-state index is 0.0783. The Morgan fingerprint density at radius 2 is 2.29 bits per heavy atom. The van der Waals surface area contributed by atoms with Gasteiger partial charge in [-0.05, 0) is 50.6 Å². The summed E-state index contributed by atoms with van der Waals surface area (Å²) in [4.78, 5) is 23.6. The Labute approximate surface area is 143 Å². The summed E-state index contributed by atoms with van der Waals surface area (Å²) < 4.78 is 0. The van der Waals surface area contributed by atoms with E-state index in [4.69, 9.17) is 4.98 Å². The largest absolute Gasteiger partial charge is 0.355 e. The van der Waals surface area contributed by atoms with E-state index in [0.717, 1.165) is 55.6 Å². The van der Waals surface area contributed by atoms with Crippen molar-refractivity contribution in [1.29, 1.82) is 0 Å². The second kappa shape index (κ2) is 7.71. The Kier molecular flexibility index (Phi) is 5.41. The lowest BCUT2D eigenvalue weighted by molar-refractivity contribution is -0.125. The standard InChI is InChI=1S/C19H26N4O/c1-3-4-10-21-19(24)14(2)23-12-9-16(13-23)17-8-7-15-6-5-11-20-18(15)22-17/h5-8,11,14,16H,3-4,9-10,12-13H2,1-2H3,(H,21,24)/t14-,16-/m0/s1. The van der Waals surface area contributed by atoms with E-state index >= 15 is 0 Å². The van der Waals surface area contributed by atoms with Gasteiger partial charge in [0.2, 0.25) is 5.91 Å². The van der Waals surface area contributed by atoms with Crippen LogP contribution in [0.5, 0.6) is 0 Å². The second-order valence-electron chi connectivity index (χ2n) is 6.59. The van der Waals surface area contributed by atoms with E-state index in [1.165, 1.54) is 0 Å². The number of nitrogens with one attached hydrogen (secondary N) is 1. The lowest BCUT2D eigenvalue weighted by atomic mass is 10.0. The summed E-state index contributed by atoms with van der Waals surface area (Å²) >= 11 is 0. The zero-order valence-corrected chi connectivity index (χ0v) is 14.5. The van der Waals surface area contributed by atoms with Crippen LogP contribution in [-0.4, -0.2) is 46.5 Å². The minimum atomic E-state index is -0.0783. The number of fused-ring (bicyclic) bond motifs is 1. The Bertz CT molecular complexity index is 703. The smallest absolute Gasteiger partial charge is 0.237 e. The summed E-state index contributed by atoms with van der Waals surface area (Å²) in [6, 6.07) is 8.08. The molecule has 5 nitrogen and oxygen atoms in total. The van der Waals surface area contributed by atoms with E-state index in [9.17, 15) is 4.79 Å². The lowest BCUT2D eigenvalue weighted by Crippen LogP contribution is -2.44. The molecule has 2 atom stereocenters. The number of carbonyl (C=O) groups is 1. The Hall–Kier alpha value is -2.01. The summed E-state index contributed by atoms with van der Waals surface area (Å²) in [6.07, 6.45) is 4.96. The average Bonchev–Trinajstić information content (AvgIpc) is 3.11. The molecule has 2 aromatic heterocycles. The number of nitrogens with zero attached hydrogens (tertiary/aromatic N) is 3. The van der Waals surface area contributed by atoms with Crippen LogP contribution in [0.2, 0.25) is 0 Å². The van der Waals surface area contributed by atoms with Crippen molar-refractivity contribution in [2.45, 2.75) is 45.1 Å². The lowest BCUT2D eigenvalue weighted by Gasteiger charge is -2.23. The molecule has 0 radical (unpaired) electrons. The molecular weight excluding hydrogens is 300 g/mol. The molecule has 1 amide bonds. The van der Waals surface area contributed by atoms with Gasteiger partial charge in [0.15, 0.2) is 5.65 Å². The van der Waals surface area contributed by atoms with Gasteiger partial charge in [0.05, 0.1) is 6.04 Å². The van der Waals surface area contributed by atoms with Crippen LogP contribution in [0.4, 0.5) is 0 Å². The number of hydrogen-bond acceptors (Lipinski definition) is 4. The number of rotatable bonds is 6. The van der Waals surface area contributed by atoms with Gasteiger partial charge in [-0.2, -0.15) is 0 Å². The Balaban J connectivity index is 1.62. The summed E-state index contributed by atoms with van der Waals surface area (Å²) in [7, 11) is 0. The molecule has 0 bridgehead atoms. The highest BCUT2D eigenvalue weighted by atomic mass is 16.2. The first-order valence-corrected chi connectivity index (χ1v) is 8.92. The van der Waals surface area contributed by atoms with Crippen molar-refractivity contribution in [3.63, 3.8) is 0 Å². The highest BCUT2D eigenvalue weighted by molar-refractivity contribution is 5.81. The van der Waals surface area contributed by atoms with Crippen molar-refractivity contribution in [2.24, 2.45) is 0 Å². The maximum atomic E-state index is 12.2. The molecule has 1 N–H and O–H groups in total. The molecule has 0 aromatic carbocycles. The van der Waals surface area contributed by atoms with Crippen molar-refractivity contribution < 1.29 is 4.79 Å². The molecule has 1 fully saturated rings. The van der Waals surface area contributed by atoms with Crippen molar-refractivity contribution >= 4 is 16.9 Å². The van der Waals surface area contributed by atoms with Crippen LogP contribution in [-0.2, 0) is 4.79 Å². The molecule has 2 aromatic rings. The summed E-state index contributed by atoms with van der Waals surface area (Å²) in [5, 5.41) is 4.10. The predicted molar refractivity (Wildman–Crippen MR) is 95.8 cm³/mol. The van der Waals surface area contributed by atoms with Gasteiger partial charge in [-0.25, -0.2) is 9.97 Å².